The molecule has 42 heavy (non-hydrogen) atoms. The molecule has 3 aromatic rings. The molecule has 9 nitrogen and oxygen atoms in total. The molecule has 3 rings (SSSR count). The highest BCUT2D eigenvalue weighted by Gasteiger charge is 2.34. The van der Waals surface area contributed by atoms with Crippen LogP contribution >= 0.6 is 11.6 Å². The summed E-state index contributed by atoms with van der Waals surface area (Å²) in [7, 11) is -1.40. The highest BCUT2D eigenvalue weighted by atomic mass is 35.5. The Kier molecular flexibility index (Phi) is 11.2. The maximum Gasteiger partial charge on any atom is 0.264 e. The maximum absolute atomic E-state index is 14.1. The SMILES string of the molecule is COc1ccc(OC)c(N(CC(=O)N(Cc2cccc(Cl)c2)[C@@H](C)C(=O)NCC(C)C)S(=O)(=O)c2ccc(C)cc2)c1. The van der Waals surface area contributed by atoms with Gasteiger partial charge in [0, 0.05) is 24.2 Å². The molecule has 0 saturated heterocycles. The van der Waals surface area contributed by atoms with E-state index in [9.17, 15) is 18.0 Å². The second kappa shape index (κ2) is 14.4. The van der Waals surface area contributed by atoms with E-state index in [0.29, 0.717) is 22.9 Å². The van der Waals surface area contributed by atoms with Crippen molar-refractivity contribution in [3.8, 4) is 11.5 Å². The van der Waals surface area contributed by atoms with Crippen molar-refractivity contribution < 1.29 is 27.5 Å². The van der Waals surface area contributed by atoms with Gasteiger partial charge in [-0.2, -0.15) is 0 Å². The Hall–Kier alpha value is -3.76. The minimum Gasteiger partial charge on any atom is -0.497 e. The van der Waals surface area contributed by atoms with Crippen LogP contribution in [-0.4, -0.2) is 58.5 Å². The first-order valence-electron chi connectivity index (χ1n) is 13.5. The molecule has 3 aromatic carbocycles. The van der Waals surface area contributed by atoms with Crippen LogP contribution in [0.25, 0.3) is 0 Å². The van der Waals surface area contributed by atoms with Gasteiger partial charge in [0.15, 0.2) is 0 Å². The number of amides is 2. The summed E-state index contributed by atoms with van der Waals surface area (Å²) >= 11 is 6.20. The molecular weight excluding hydrogens is 578 g/mol. The van der Waals surface area contributed by atoms with Gasteiger partial charge in [-0.05, 0) is 61.7 Å². The predicted octanol–water partition coefficient (Wildman–Crippen LogP) is 5.05. The Morgan fingerprint density at radius 2 is 1.64 bits per heavy atom. The Morgan fingerprint density at radius 1 is 0.952 bits per heavy atom. The van der Waals surface area contributed by atoms with Gasteiger partial charge in [-0.3, -0.25) is 13.9 Å². The van der Waals surface area contributed by atoms with E-state index in [1.54, 1.807) is 55.5 Å². The largest absolute Gasteiger partial charge is 0.497 e. The molecule has 0 aliphatic carbocycles. The molecule has 2 amide bonds. The molecule has 0 bridgehead atoms. The smallest absolute Gasteiger partial charge is 0.264 e. The zero-order valence-corrected chi connectivity index (χ0v) is 26.3. The summed E-state index contributed by atoms with van der Waals surface area (Å²) < 4.78 is 40.1. The van der Waals surface area contributed by atoms with E-state index in [0.717, 1.165) is 9.87 Å². The number of halogens is 1. The van der Waals surface area contributed by atoms with Crippen molar-refractivity contribution in [3.63, 3.8) is 0 Å². The van der Waals surface area contributed by atoms with Crippen molar-refractivity contribution in [1.29, 1.82) is 0 Å². The molecule has 0 radical (unpaired) electrons. The van der Waals surface area contributed by atoms with Crippen LogP contribution < -0.4 is 19.1 Å². The number of carbonyl (C=O) groups is 2. The molecule has 1 N–H and O–H groups in total. The Balaban J connectivity index is 2.11. The number of benzene rings is 3. The third-order valence-corrected chi connectivity index (χ3v) is 8.65. The number of sulfonamides is 1. The number of aryl methyl sites for hydroxylation is 1. The maximum atomic E-state index is 14.1. The summed E-state index contributed by atoms with van der Waals surface area (Å²) in [6.45, 7) is 7.25. The molecule has 0 aliphatic heterocycles. The quantitative estimate of drug-likeness (QED) is 0.289. The molecule has 1 atom stereocenters. The van der Waals surface area contributed by atoms with Gasteiger partial charge in [-0.25, -0.2) is 8.42 Å². The third-order valence-electron chi connectivity index (χ3n) is 6.64. The number of ether oxygens (including phenoxy) is 2. The number of methoxy groups -OCH3 is 2. The van der Waals surface area contributed by atoms with Crippen molar-refractivity contribution in [2.75, 3.05) is 31.6 Å². The van der Waals surface area contributed by atoms with E-state index < -0.39 is 28.5 Å². The number of nitrogens with zero attached hydrogens (tertiary/aromatic N) is 2. The van der Waals surface area contributed by atoms with Gasteiger partial charge >= 0.3 is 0 Å². The second-order valence-corrected chi connectivity index (χ2v) is 12.6. The normalized spacial score (nSPS) is 12.0. The van der Waals surface area contributed by atoms with Gasteiger partial charge in [0.1, 0.15) is 24.1 Å². The van der Waals surface area contributed by atoms with Gasteiger partial charge in [-0.1, -0.05) is 55.3 Å². The van der Waals surface area contributed by atoms with Crippen LogP contribution in [0.4, 0.5) is 5.69 Å². The van der Waals surface area contributed by atoms with E-state index >= 15 is 0 Å². The Bertz CT molecular complexity index is 1490. The summed E-state index contributed by atoms with van der Waals surface area (Å²) in [5.41, 5.74) is 1.68. The van der Waals surface area contributed by atoms with E-state index in [2.05, 4.69) is 5.32 Å². The molecule has 226 valence electrons. The van der Waals surface area contributed by atoms with Crippen molar-refractivity contribution in [2.45, 2.75) is 45.2 Å². The van der Waals surface area contributed by atoms with Crippen molar-refractivity contribution in [2.24, 2.45) is 5.92 Å². The first-order valence-corrected chi connectivity index (χ1v) is 15.3. The van der Waals surface area contributed by atoms with Crippen LogP contribution in [-0.2, 0) is 26.2 Å². The molecular formula is C31H38ClN3O6S. The fourth-order valence-corrected chi connectivity index (χ4v) is 5.84. The van der Waals surface area contributed by atoms with Crippen molar-refractivity contribution in [3.05, 3.63) is 82.9 Å². The second-order valence-electron chi connectivity index (χ2n) is 10.3. The molecule has 0 aromatic heterocycles. The minimum atomic E-state index is -4.28. The van der Waals surface area contributed by atoms with E-state index in [1.165, 1.54) is 37.3 Å². The summed E-state index contributed by atoms with van der Waals surface area (Å²) in [5.74, 6) is -0.148. The number of hydrogen-bond acceptors (Lipinski definition) is 6. The number of hydrogen-bond donors (Lipinski definition) is 1. The van der Waals surface area contributed by atoms with Gasteiger partial charge in [0.25, 0.3) is 10.0 Å². The van der Waals surface area contributed by atoms with Gasteiger partial charge in [0.05, 0.1) is 24.8 Å². The average Bonchev–Trinajstić information content (AvgIpc) is 2.96. The number of rotatable bonds is 13. The number of carbonyl (C=O) groups excluding carboxylic acids is 2. The highest BCUT2D eigenvalue weighted by molar-refractivity contribution is 7.92. The zero-order valence-electron chi connectivity index (χ0n) is 24.8. The van der Waals surface area contributed by atoms with Crippen LogP contribution in [0.2, 0.25) is 5.02 Å². The van der Waals surface area contributed by atoms with E-state index in [4.69, 9.17) is 21.1 Å². The lowest BCUT2D eigenvalue weighted by atomic mass is 10.1. The minimum absolute atomic E-state index is 0.00473. The molecule has 0 unspecified atom stereocenters. The Labute approximate surface area is 253 Å². The lowest BCUT2D eigenvalue weighted by molar-refractivity contribution is -0.139. The average molecular weight is 616 g/mol. The standard InChI is InChI=1S/C31H38ClN3O6S/c1-21(2)18-33-31(37)23(4)34(19-24-8-7-9-25(32)16-24)30(36)20-35(28-17-26(40-5)12-15-29(28)41-6)42(38,39)27-13-10-22(3)11-14-27/h7-17,21,23H,18-20H2,1-6H3,(H,33,37)/t23-/m0/s1. The summed E-state index contributed by atoms with van der Waals surface area (Å²) in [5, 5.41) is 3.34. The molecule has 11 heteroatoms. The summed E-state index contributed by atoms with van der Waals surface area (Å²) in [4.78, 5) is 28.6. The van der Waals surface area contributed by atoms with Crippen molar-refractivity contribution >= 4 is 39.1 Å². The zero-order chi connectivity index (χ0) is 31.0. The highest BCUT2D eigenvalue weighted by Crippen LogP contribution is 2.36. The number of nitrogens with one attached hydrogen (secondary N) is 1. The van der Waals surface area contributed by atoms with Crippen LogP contribution in [0, 0.1) is 12.8 Å². The molecule has 0 spiro atoms. The molecule has 0 fully saturated rings. The molecule has 0 aliphatic rings. The lowest BCUT2D eigenvalue weighted by Gasteiger charge is -2.32. The number of anilines is 1. The van der Waals surface area contributed by atoms with E-state index in [1.807, 2.05) is 20.8 Å². The van der Waals surface area contributed by atoms with Crippen LogP contribution in [0.1, 0.15) is 31.9 Å². The van der Waals surface area contributed by atoms with Gasteiger partial charge < -0.3 is 19.7 Å². The predicted molar refractivity (Wildman–Crippen MR) is 165 cm³/mol. The van der Waals surface area contributed by atoms with Gasteiger partial charge in [0.2, 0.25) is 11.8 Å². The third kappa shape index (κ3) is 8.17. The van der Waals surface area contributed by atoms with Crippen LogP contribution in [0.3, 0.4) is 0 Å². The lowest BCUT2D eigenvalue weighted by Crippen LogP contribution is -2.51. The van der Waals surface area contributed by atoms with E-state index in [-0.39, 0.29) is 34.7 Å². The monoisotopic (exact) mass is 615 g/mol. The van der Waals surface area contributed by atoms with Crippen LogP contribution in [0.5, 0.6) is 11.5 Å². The van der Waals surface area contributed by atoms with Gasteiger partial charge in [-0.15, -0.1) is 0 Å². The fraction of sp³-hybridized carbons (Fsp3) is 0.355. The van der Waals surface area contributed by atoms with Crippen LogP contribution in [0.15, 0.2) is 71.6 Å². The Morgan fingerprint density at radius 3 is 2.24 bits per heavy atom. The first kappa shape index (κ1) is 32.8. The fourth-order valence-electron chi connectivity index (χ4n) is 4.21. The summed E-state index contributed by atoms with van der Waals surface area (Å²) in [6, 6.07) is 17.1. The van der Waals surface area contributed by atoms with Crippen molar-refractivity contribution in [1.82, 2.24) is 10.2 Å². The summed E-state index contributed by atoms with van der Waals surface area (Å²) in [6.07, 6.45) is 0. The topological polar surface area (TPSA) is 105 Å². The molecule has 0 saturated carbocycles. The first-order chi connectivity index (χ1) is 19.9. The molecule has 0 heterocycles.